The van der Waals surface area contributed by atoms with Crippen LogP contribution in [0.3, 0.4) is 0 Å². The summed E-state index contributed by atoms with van der Waals surface area (Å²) >= 11 is 0. The Morgan fingerprint density at radius 2 is 0.918 bits per heavy atom. The normalized spacial score (nSPS) is 12.0. The number of para-hydroxylation sites is 3. The van der Waals surface area contributed by atoms with Gasteiger partial charge in [0.2, 0.25) is 5.95 Å². The van der Waals surface area contributed by atoms with Crippen LogP contribution in [0.1, 0.15) is 0 Å². The summed E-state index contributed by atoms with van der Waals surface area (Å²) in [4.78, 5) is 17.7. The lowest BCUT2D eigenvalue weighted by Crippen LogP contribution is -2.15. The van der Waals surface area contributed by atoms with E-state index in [2.05, 4.69) is 173 Å². The predicted octanol–water partition coefficient (Wildman–Crippen LogP) is 14.4. The molecule has 0 N–H and O–H groups in total. The number of ether oxygens (including phenoxy) is 1. The SMILES string of the molecule is c1ccc(-c2ccc(-c3nc(-c4ccccc4)nc(-n4c5ccccc5c5cc(-c6ccc7c(c6)Oc6ccccc6N7c6ccc7ccccc7c6)ccc54)n3)cc2)cc1. The standard InChI is InChI=1S/C55H35N5O/c1-3-13-36(14-4-1)38-23-25-40(26-24-38)54-56-53(39-16-5-2-6-17-39)57-55(58-54)60-47-20-10-9-19-45(47)46-34-42(28-31-48(46)60)43-29-32-50-52(35-43)61-51-22-12-11-21-49(51)59(50)44-30-27-37-15-7-8-18-41(37)33-44/h1-35H. The van der Waals surface area contributed by atoms with Crippen molar-refractivity contribution in [3.63, 3.8) is 0 Å². The van der Waals surface area contributed by atoms with Crippen LogP contribution in [-0.2, 0) is 0 Å². The second-order valence-electron chi connectivity index (χ2n) is 15.3. The highest BCUT2D eigenvalue weighted by molar-refractivity contribution is 6.10. The Labute approximate surface area is 352 Å². The van der Waals surface area contributed by atoms with Gasteiger partial charge in [-0.2, -0.15) is 9.97 Å². The lowest BCUT2D eigenvalue weighted by Gasteiger charge is -2.33. The van der Waals surface area contributed by atoms with Crippen molar-refractivity contribution in [1.82, 2.24) is 19.5 Å². The van der Waals surface area contributed by atoms with E-state index in [0.29, 0.717) is 17.6 Å². The number of nitrogens with zero attached hydrogens (tertiary/aromatic N) is 5. The lowest BCUT2D eigenvalue weighted by molar-refractivity contribution is 0.477. The third-order valence-electron chi connectivity index (χ3n) is 11.6. The molecule has 1 aliphatic heterocycles. The van der Waals surface area contributed by atoms with Gasteiger partial charge >= 0.3 is 0 Å². The molecule has 2 aromatic heterocycles. The molecule has 0 saturated heterocycles. The summed E-state index contributed by atoms with van der Waals surface area (Å²) in [6.45, 7) is 0. The second-order valence-corrected chi connectivity index (χ2v) is 15.3. The number of anilines is 3. The average molecular weight is 782 g/mol. The summed E-state index contributed by atoms with van der Waals surface area (Å²) in [6.07, 6.45) is 0. The first-order valence-electron chi connectivity index (χ1n) is 20.4. The molecule has 0 saturated carbocycles. The highest BCUT2D eigenvalue weighted by Gasteiger charge is 2.27. The average Bonchev–Trinajstić information content (AvgIpc) is 3.67. The Morgan fingerprint density at radius 3 is 1.74 bits per heavy atom. The minimum Gasteiger partial charge on any atom is -0.453 e. The molecule has 6 heteroatoms. The van der Waals surface area contributed by atoms with Gasteiger partial charge < -0.3 is 9.64 Å². The van der Waals surface area contributed by atoms with Gasteiger partial charge in [-0.15, -0.1) is 0 Å². The van der Waals surface area contributed by atoms with Gasteiger partial charge in [-0.05, 0) is 87.6 Å². The van der Waals surface area contributed by atoms with Crippen molar-refractivity contribution in [3.05, 3.63) is 212 Å². The molecule has 0 radical (unpaired) electrons. The fraction of sp³-hybridized carbons (Fsp3) is 0. The van der Waals surface area contributed by atoms with Crippen LogP contribution in [0.2, 0.25) is 0 Å². The fourth-order valence-electron chi connectivity index (χ4n) is 8.65. The van der Waals surface area contributed by atoms with E-state index in [4.69, 9.17) is 19.7 Å². The smallest absolute Gasteiger partial charge is 0.238 e. The van der Waals surface area contributed by atoms with Crippen molar-refractivity contribution >= 4 is 49.6 Å². The van der Waals surface area contributed by atoms with Crippen LogP contribution in [0, 0.1) is 0 Å². The van der Waals surface area contributed by atoms with E-state index in [1.54, 1.807) is 0 Å². The van der Waals surface area contributed by atoms with E-state index in [-0.39, 0.29) is 0 Å². The number of fused-ring (bicyclic) bond motifs is 6. The molecule has 11 aromatic rings. The molecule has 1 aliphatic rings. The van der Waals surface area contributed by atoms with Gasteiger partial charge in [-0.1, -0.05) is 158 Å². The molecule has 286 valence electrons. The zero-order valence-corrected chi connectivity index (χ0v) is 32.9. The van der Waals surface area contributed by atoms with Gasteiger partial charge in [-0.25, -0.2) is 4.98 Å². The van der Waals surface area contributed by atoms with E-state index in [1.807, 2.05) is 48.5 Å². The van der Waals surface area contributed by atoms with Crippen LogP contribution in [0.4, 0.5) is 17.1 Å². The quantitative estimate of drug-likeness (QED) is 0.168. The van der Waals surface area contributed by atoms with Gasteiger partial charge in [0.25, 0.3) is 0 Å². The zero-order chi connectivity index (χ0) is 40.3. The topological polar surface area (TPSA) is 56.1 Å². The third kappa shape index (κ3) is 6.00. The van der Waals surface area contributed by atoms with E-state index in [9.17, 15) is 0 Å². The molecule has 0 atom stereocenters. The van der Waals surface area contributed by atoms with E-state index in [0.717, 1.165) is 83.7 Å². The molecule has 0 bridgehead atoms. The van der Waals surface area contributed by atoms with Gasteiger partial charge in [0.05, 0.1) is 22.4 Å². The van der Waals surface area contributed by atoms with Crippen LogP contribution in [0.15, 0.2) is 212 Å². The Bertz CT molecular complexity index is 3450. The number of aromatic nitrogens is 4. The summed E-state index contributed by atoms with van der Waals surface area (Å²) in [5.41, 5.74) is 11.4. The Morgan fingerprint density at radius 1 is 0.344 bits per heavy atom. The number of benzene rings is 9. The summed E-state index contributed by atoms with van der Waals surface area (Å²) in [7, 11) is 0. The third-order valence-corrected chi connectivity index (χ3v) is 11.6. The van der Waals surface area contributed by atoms with Gasteiger partial charge in [0.15, 0.2) is 23.1 Å². The first-order valence-corrected chi connectivity index (χ1v) is 20.4. The van der Waals surface area contributed by atoms with Crippen molar-refractivity contribution < 1.29 is 4.74 Å². The molecule has 9 aromatic carbocycles. The maximum Gasteiger partial charge on any atom is 0.238 e. The van der Waals surface area contributed by atoms with Crippen molar-refractivity contribution in [3.8, 4) is 62.5 Å². The Balaban J connectivity index is 0.977. The molecule has 12 rings (SSSR count). The monoisotopic (exact) mass is 781 g/mol. The molecule has 0 unspecified atom stereocenters. The molecular formula is C55H35N5O. The largest absolute Gasteiger partial charge is 0.453 e. The molecule has 0 fully saturated rings. The maximum atomic E-state index is 6.65. The Hall–Kier alpha value is -8.35. The highest BCUT2D eigenvalue weighted by Crippen LogP contribution is 2.51. The molecule has 3 heterocycles. The number of rotatable bonds is 6. The molecular weight excluding hydrogens is 747 g/mol. The van der Waals surface area contributed by atoms with Gasteiger partial charge in [0, 0.05) is 27.6 Å². The molecule has 6 nitrogen and oxygen atoms in total. The van der Waals surface area contributed by atoms with E-state index in [1.165, 1.54) is 10.8 Å². The van der Waals surface area contributed by atoms with Crippen LogP contribution in [0.25, 0.3) is 83.6 Å². The van der Waals surface area contributed by atoms with Crippen molar-refractivity contribution in [2.45, 2.75) is 0 Å². The summed E-state index contributed by atoms with van der Waals surface area (Å²) in [5, 5.41) is 4.61. The minimum absolute atomic E-state index is 0.560. The van der Waals surface area contributed by atoms with Crippen LogP contribution in [0.5, 0.6) is 11.5 Å². The summed E-state index contributed by atoms with van der Waals surface area (Å²) < 4.78 is 8.82. The minimum atomic E-state index is 0.560. The highest BCUT2D eigenvalue weighted by atomic mass is 16.5. The zero-order valence-electron chi connectivity index (χ0n) is 32.9. The fourth-order valence-corrected chi connectivity index (χ4v) is 8.65. The molecule has 61 heavy (non-hydrogen) atoms. The number of hydrogen-bond donors (Lipinski definition) is 0. The van der Waals surface area contributed by atoms with Gasteiger partial charge in [0.1, 0.15) is 0 Å². The molecule has 0 aliphatic carbocycles. The summed E-state index contributed by atoms with van der Waals surface area (Å²) in [6, 6.07) is 73.9. The lowest BCUT2D eigenvalue weighted by atomic mass is 10.0. The van der Waals surface area contributed by atoms with Gasteiger partial charge in [-0.3, -0.25) is 4.57 Å². The van der Waals surface area contributed by atoms with Crippen molar-refractivity contribution in [2.24, 2.45) is 0 Å². The van der Waals surface area contributed by atoms with Crippen LogP contribution in [-0.4, -0.2) is 19.5 Å². The first kappa shape index (κ1) is 34.7. The number of hydrogen-bond acceptors (Lipinski definition) is 5. The van der Waals surface area contributed by atoms with E-state index < -0.39 is 0 Å². The first-order chi connectivity index (χ1) is 30.2. The molecule has 0 amide bonds. The van der Waals surface area contributed by atoms with Crippen LogP contribution >= 0.6 is 0 Å². The Kier molecular flexibility index (Phi) is 8.06. The van der Waals surface area contributed by atoms with E-state index >= 15 is 0 Å². The molecule has 0 spiro atoms. The maximum absolute atomic E-state index is 6.65. The predicted molar refractivity (Wildman–Crippen MR) is 248 cm³/mol. The summed E-state index contributed by atoms with van der Waals surface area (Å²) in [5.74, 6) is 3.40. The van der Waals surface area contributed by atoms with Crippen molar-refractivity contribution in [2.75, 3.05) is 4.90 Å². The van der Waals surface area contributed by atoms with Crippen molar-refractivity contribution in [1.29, 1.82) is 0 Å². The van der Waals surface area contributed by atoms with Crippen LogP contribution < -0.4 is 9.64 Å². The second kappa shape index (κ2) is 14.2.